The minimum absolute atomic E-state index is 0.519. The second kappa shape index (κ2) is 8.04. The molecule has 1 unspecified atom stereocenters. The first kappa shape index (κ1) is 13.9. The van der Waals surface area contributed by atoms with Crippen molar-refractivity contribution in [3.05, 3.63) is 0 Å². The molecule has 0 bridgehead atoms. The highest BCUT2D eigenvalue weighted by Gasteiger charge is 2.21. The fraction of sp³-hybridized carbons (Fsp3) is 1.00. The zero-order valence-electron chi connectivity index (χ0n) is 11.2. The lowest BCUT2D eigenvalue weighted by molar-refractivity contribution is 0.0961. The highest BCUT2D eigenvalue weighted by Crippen LogP contribution is 2.25. The highest BCUT2D eigenvalue weighted by atomic mass is 16.5. The quantitative estimate of drug-likeness (QED) is 0.685. The van der Waals surface area contributed by atoms with Gasteiger partial charge in [0.1, 0.15) is 0 Å². The third-order valence-corrected chi connectivity index (χ3v) is 3.63. The van der Waals surface area contributed by atoms with Crippen LogP contribution in [-0.4, -0.2) is 51.3 Å². The fourth-order valence-corrected chi connectivity index (χ4v) is 2.59. The molecule has 1 rings (SSSR count). The molecule has 0 aromatic heterocycles. The average Bonchev–Trinajstić information content (AvgIpc) is 2.76. The molecule has 16 heavy (non-hydrogen) atoms. The maximum absolute atomic E-state index is 5.30. The molecular weight excluding hydrogens is 200 g/mol. The van der Waals surface area contributed by atoms with Crippen LogP contribution in [0.4, 0.5) is 0 Å². The molecule has 0 aliphatic heterocycles. The number of ether oxygens (including phenoxy) is 1. The number of hydrogen-bond acceptors (Lipinski definition) is 3. The number of nitrogens with zero attached hydrogens (tertiary/aromatic N) is 1. The SMILES string of the molecule is CCNCC(COC)N(C)CC1CCCC1. The first-order valence-electron chi connectivity index (χ1n) is 6.67. The van der Waals surface area contributed by atoms with Crippen LogP contribution in [0.1, 0.15) is 32.6 Å². The second-order valence-corrected chi connectivity index (χ2v) is 5.01. The number of hydrogen-bond donors (Lipinski definition) is 1. The Hall–Kier alpha value is -0.120. The Morgan fingerprint density at radius 1 is 1.38 bits per heavy atom. The smallest absolute Gasteiger partial charge is 0.0630 e. The molecule has 0 aromatic rings. The van der Waals surface area contributed by atoms with Crippen LogP contribution in [0, 0.1) is 5.92 Å². The van der Waals surface area contributed by atoms with Gasteiger partial charge in [-0.15, -0.1) is 0 Å². The van der Waals surface area contributed by atoms with Gasteiger partial charge in [0.05, 0.1) is 6.61 Å². The van der Waals surface area contributed by atoms with Gasteiger partial charge in [0, 0.05) is 26.2 Å². The Labute approximate surface area is 101 Å². The topological polar surface area (TPSA) is 24.5 Å². The van der Waals surface area contributed by atoms with Crippen LogP contribution >= 0.6 is 0 Å². The maximum atomic E-state index is 5.30. The van der Waals surface area contributed by atoms with Gasteiger partial charge in [0.25, 0.3) is 0 Å². The van der Waals surface area contributed by atoms with Gasteiger partial charge in [-0.2, -0.15) is 0 Å². The third-order valence-electron chi connectivity index (χ3n) is 3.63. The van der Waals surface area contributed by atoms with Crippen molar-refractivity contribution in [1.82, 2.24) is 10.2 Å². The van der Waals surface area contributed by atoms with Gasteiger partial charge < -0.3 is 10.1 Å². The summed E-state index contributed by atoms with van der Waals surface area (Å²) in [4.78, 5) is 2.47. The summed E-state index contributed by atoms with van der Waals surface area (Å²) in [5.74, 6) is 0.922. The number of likely N-dealkylation sites (N-methyl/N-ethyl adjacent to an activating group) is 2. The van der Waals surface area contributed by atoms with Gasteiger partial charge in [0.15, 0.2) is 0 Å². The summed E-state index contributed by atoms with van der Waals surface area (Å²) < 4.78 is 5.30. The molecular formula is C13H28N2O. The number of methoxy groups -OCH3 is 1. The lowest BCUT2D eigenvalue weighted by Crippen LogP contribution is -2.44. The molecule has 0 aromatic carbocycles. The molecule has 3 nitrogen and oxygen atoms in total. The monoisotopic (exact) mass is 228 g/mol. The van der Waals surface area contributed by atoms with E-state index < -0.39 is 0 Å². The molecule has 1 N–H and O–H groups in total. The Bertz CT molecular complexity index is 169. The van der Waals surface area contributed by atoms with Crippen molar-refractivity contribution in [2.24, 2.45) is 5.92 Å². The average molecular weight is 228 g/mol. The lowest BCUT2D eigenvalue weighted by Gasteiger charge is -2.29. The summed E-state index contributed by atoms with van der Waals surface area (Å²) in [5, 5.41) is 3.42. The van der Waals surface area contributed by atoms with Crippen molar-refractivity contribution in [2.75, 3.05) is 40.4 Å². The normalized spacial score (nSPS) is 19.5. The minimum Gasteiger partial charge on any atom is -0.383 e. The molecule has 1 aliphatic rings. The van der Waals surface area contributed by atoms with Crippen LogP contribution in [0.5, 0.6) is 0 Å². The van der Waals surface area contributed by atoms with Crippen molar-refractivity contribution in [3.63, 3.8) is 0 Å². The molecule has 1 fully saturated rings. The zero-order valence-corrected chi connectivity index (χ0v) is 11.2. The Kier molecular flexibility index (Phi) is 7.01. The van der Waals surface area contributed by atoms with Crippen LogP contribution in [-0.2, 0) is 4.74 Å². The summed E-state index contributed by atoms with van der Waals surface area (Å²) in [6.45, 7) is 6.29. The third kappa shape index (κ3) is 4.81. The molecule has 0 saturated heterocycles. The van der Waals surface area contributed by atoms with Crippen LogP contribution < -0.4 is 5.32 Å². The zero-order chi connectivity index (χ0) is 11.8. The van der Waals surface area contributed by atoms with Gasteiger partial charge >= 0.3 is 0 Å². The Balaban J connectivity index is 2.29. The van der Waals surface area contributed by atoms with Gasteiger partial charge in [-0.25, -0.2) is 0 Å². The first-order valence-corrected chi connectivity index (χ1v) is 6.67. The number of rotatable bonds is 8. The van der Waals surface area contributed by atoms with E-state index in [2.05, 4.69) is 24.2 Å². The van der Waals surface area contributed by atoms with Gasteiger partial charge in [-0.3, -0.25) is 4.90 Å². The molecule has 1 saturated carbocycles. The van der Waals surface area contributed by atoms with Gasteiger partial charge in [0.2, 0.25) is 0 Å². The van der Waals surface area contributed by atoms with E-state index in [9.17, 15) is 0 Å². The van der Waals surface area contributed by atoms with Crippen molar-refractivity contribution in [3.8, 4) is 0 Å². The summed E-state index contributed by atoms with van der Waals surface area (Å²) in [5.41, 5.74) is 0. The lowest BCUT2D eigenvalue weighted by atomic mass is 10.1. The molecule has 3 heteroatoms. The Morgan fingerprint density at radius 3 is 2.62 bits per heavy atom. The van der Waals surface area contributed by atoms with Gasteiger partial charge in [-0.1, -0.05) is 19.8 Å². The fourth-order valence-electron chi connectivity index (χ4n) is 2.59. The molecule has 1 atom stereocenters. The first-order chi connectivity index (χ1) is 7.77. The standard InChI is InChI=1S/C13H28N2O/c1-4-14-9-13(11-16-3)15(2)10-12-7-5-6-8-12/h12-14H,4-11H2,1-3H3. The van der Waals surface area contributed by atoms with Gasteiger partial charge in [-0.05, 0) is 32.4 Å². The van der Waals surface area contributed by atoms with E-state index in [4.69, 9.17) is 4.74 Å². The van der Waals surface area contributed by atoms with E-state index in [0.29, 0.717) is 6.04 Å². The van der Waals surface area contributed by atoms with Crippen LogP contribution in [0.2, 0.25) is 0 Å². The molecule has 96 valence electrons. The largest absolute Gasteiger partial charge is 0.383 e. The summed E-state index contributed by atoms with van der Waals surface area (Å²) in [6, 6.07) is 0.519. The van der Waals surface area contributed by atoms with E-state index in [1.54, 1.807) is 7.11 Å². The van der Waals surface area contributed by atoms with E-state index in [1.165, 1.54) is 32.2 Å². The van der Waals surface area contributed by atoms with Crippen LogP contribution in [0.3, 0.4) is 0 Å². The summed E-state index contributed by atoms with van der Waals surface area (Å²) in [7, 11) is 4.03. The summed E-state index contributed by atoms with van der Waals surface area (Å²) >= 11 is 0. The van der Waals surface area contributed by atoms with Crippen LogP contribution in [0.15, 0.2) is 0 Å². The van der Waals surface area contributed by atoms with E-state index in [0.717, 1.165) is 25.6 Å². The predicted molar refractivity (Wildman–Crippen MR) is 68.8 cm³/mol. The van der Waals surface area contributed by atoms with Crippen molar-refractivity contribution in [2.45, 2.75) is 38.6 Å². The second-order valence-electron chi connectivity index (χ2n) is 5.01. The highest BCUT2D eigenvalue weighted by molar-refractivity contribution is 4.76. The molecule has 1 aliphatic carbocycles. The van der Waals surface area contributed by atoms with Crippen molar-refractivity contribution < 1.29 is 4.74 Å². The van der Waals surface area contributed by atoms with E-state index in [-0.39, 0.29) is 0 Å². The molecule has 0 heterocycles. The van der Waals surface area contributed by atoms with Crippen molar-refractivity contribution >= 4 is 0 Å². The predicted octanol–water partition coefficient (Wildman–Crippen LogP) is 1.73. The number of nitrogens with one attached hydrogen (secondary N) is 1. The van der Waals surface area contributed by atoms with Crippen LogP contribution in [0.25, 0.3) is 0 Å². The molecule has 0 radical (unpaired) electrons. The molecule has 0 spiro atoms. The van der Waals surface area contributed by atoms with E-state index >= 15 is 0 Å². The summed E-state index contributed by atoms with van der Waals surface area (Å²) in [6.07, 6.45) is 5.71. The maximum Gasteiger partial charge on any atom is 0.0630 e. The molecule has 0 amide bonds. The Morgan fingerprint density at radius 2 is 2.06 bits per heavy atom. The minimum atomic E-state index is 0.519. The van der Waals surface area contributed by atoms with Crippen molar-refractivity contribution in [1.29, 1.82) is 0 Å². The van der Waals surface area contributed by atoms with E-state index in [1.807, 2.05) is 0 Å².